The van der Waals surface area contributed by atoms with Gasteiger partial charge in [0.25, 0.3) is 0 Å². The molecule has 0 bridgehead atoms. The lowest BCUT2D eigenvalue weighted by Crippen LogP contribution is -2.52. The summed E-state index contributed by atoms with van der Waals surface area (Å²) in [5.41, 5.74) is 1.44. The number of phenolic OH excluding ortho intramolecular Hbond substituents is 1. The molecule has 0 aliphatic rings. The minimum absolute atomic E-state index is 0.0882. The first-order valence-electron chi connectivity index (χ1n) is 10.3. The van der Waals surface area contributed by atoms with E-state index in [2.05, 4.69) is 15.6 Å². The maximum atomic E-state index is 13.1. The number of aromatic hydroxyl groups is 1. The Morgan fingerprint density at radius 1 is 1.16 bits per heavy atom. The number of aliphatic carboxylic acids is 1. The molecule has 1 aromatic carbocycles. The van der Waals surface area contributed by atoms with E-state index < -0.39 is 29.6 Å². The number of carboxylic acids is 1. The van der Waals surface area contributed by atoms with Crippen LogP contribution in [0, 0.1) is 0 Å². The van der Waals surface area contributed by atoms with Gasteiger partial charge in [0, 0.05) is 29.2 Å². The maximum absolute atomic E-state index is 13.1. The Balaban J connectivity index is 2.28. The molecule has 9 nitrogen and oxygen atoms in total. The van der Waals surface area contributed by atoms with Crippen LogP contribution in [0.25, 0.3) is 10.9 Å². The van der Waals surface area contributed by atoms with Gasteiger partial charge in [-0.25, -0.2) is 4.79 Å². The van der Waals surface area contributed by atoms with E-state index in [1.54, 1.807) is 52.1 Å². The number of nitrogens with one attached hydrogen (secondary N) is 3. The van der Waals surface area contributed by atoms with Crippen LogP contribution in [0.5, 0.6) is 5.75 Å². The van der Waals surface area contributed by atoms with Crippen LogP contribution in [0.4, 0.5) is 0 Å². The predicted molar refractivity (Wildman–Crippen MR) is 120 cm³/mol. The number of ketones is 1. The molecular formula is C23H31N3O6. The van der Waals surface area contributed by atoms with Crippen LogP contribution in [-0.2, 0) is 25.5 Å². The molecule has 0 spiro atoms. The average molecular weight is 446 g/mol. The lowest BCUT2D eigenvalue weighted by molar-refractivity contribution is -0.145. The normalized spacial score (nSPS) is 14.1. The summed E-state index contributed by atoms with van der Waals surface area (Å²) in [5.74, 6) is -1.87. The van der Waals surface area contributed by atoms with Crippen molar-refractivity contribution in [3.63, 3.8) is 0 Å². The zero-order chi connectivity index (χ0) is 24.1. The Labute approximate surface area is 186 Å². The molecule has 1 aromatic heterocycles. The molecule has 32 heavy (non-hydrogen) atoms. The van der Waals surface area contributed by atoms with Gasteiger partial charge in [-0.05, 0) is 64.5 Å². The molecule has 0 unspecified atom stereocenters. The molecular weight excluding hydrogens is 414 g/mol. The van der Waals surface area contributed by atoms with E-state index >= 15 is 0 Å². The number of carbonyl (C=O) groups excluding carboxylic acids is 2. The highest BCUT2D eigenvalue weighted by Gasteiger charge is 2.28. The van der Waals surface area contributed by atoms with Gasteiger partial charge in [-0.15, -0.1) is 0 Å². The van der Waals surface area contributed by atoms with Gasteiger partial charge in [0.05, 0.1) is 12.2 Å². The summed E-state index contributed by atoms with van der Waals surface area (Å²) in [6, 6.07) is 2.75. The third kappa shape index (κ3) is 7.42. The quantitative estimate of drug-likeness (QED) is 0.353. The van der Waals surface area contributed by atoms with E-state index in [0.717, 1.165) is 16.5 Å². The molecule has 9 heteroatoms. The van der Waals surface area contributed by atoms with Crippen molar-refractivity contribution in [2.45, 2.75) is 58.7 Å². The van der Waals surface area contributed by atoms with Gasteiger partial charge in [0.1, 0.15) is 11.8 Å². The zero-order valence-corrected chi connectivity index (χ0v) is 19.0. The van der Waals surface area contributed by atoms with Gasteiger partial charge in [0.15, 0.2) is 11.8 Å². The summed E-state index contributed by atoms with van der Waals surface area (Å²) in [6.07, 6.45) is 3.27. The number of ether oxygens (including phenoxy) is 1. The fourth-order valence-corrected chi connectivity index (χ4v) is 3.17. The Hall–Kier alpha value is -3.33. The van der Waals surface area contributed by atoms with Gasteiger partial charge >= 0.3 is 5.97 Å². The number of carbonyl (C=O) groups is 3. The average Bonchev–Trinajstić information content (AvgIpc) is 3.04. The van der Waals surface area contributed by atoms with E-state index in [9.17, 15) is 24.6 Å². The first-order valence-corrected chi connectivity index (χ1v) is 10.3. The second kappa shape index (κ2) is 10.3. The monoisotopic (exact) mass is 445 g/mol. The molecule has 2 rings (SSSR count). The van der Waals surface area contributed by atoms with E-state index in [0.29, 0.717) is 5.70 Å². The number of allylic oxidation sites excluding steroid dienone is 2. The van der Waals surface area contributed by atoms with Crippen LogP contribution in [0.3, 0.4) is 0 Å². The summed E-state index contributed by atoms with van der Waals surface area (Å²) >= 11 is 0. The van der Waals surface area contributed by atoms with Crippen LogP contribution in [0.15, 0.2) is 36.2 Å². The minimum Gasteiger partial charge on any atom is -0.508 e. The Bertz CT molecular complexity index is 1020. The summed E-state index contributed by atoms with van der Waals surface area (Å²) in [7, 11) is 0. The van der Waals surface area contributed by atoms with Crippen LogP contribution < -0.4 is 10.6 Å². The Kier molecular flexibility index (Phi) is 8.04. The number of benzene rings is 1. The molecule has 2 aromatic rings. The van der Waals surface area contributed by atoms with E-state index in [4.69, 9.17) is 4.74 Å². The second-order valence-corrected chi connectivity index (χ2v) is 8.71. The molecule has 5 N–H and O–H groups in total. The standard InChI is InChI=1S/C23H31N3O6/c1-13(8-14(2)27)25-19(9-15-11-24-18-7-6-16(28)10-17(15)18)21(29)26-20(22(30)31)12-32-23(3,4)5/h6-8,10-11,19-20,24-25,28H,9,12H2,1-5H3,(H,26,29)(H,30,31)/b13-8+/t19-,20-/m0/s1. The first kappa shape index (κ1) is 24.9. The molecule has 0 saturated carbocycles. The Morgan fingerprint density at radius 3 is 2.44 bits per heavy atom. The maximum Gasteiger partial charge on any atom is 0.328 e. The van der Waals surface area contributed by atoms with Crippen molar-refractivity contribution in [2.75, 3.05) is 6.61 Å². The van der Waals surface area contributed by atoms with E-state index in [1.165, 1.54) is 13.0 Å². The van der Waals surface area contributed by atoms with Crippen molar-refractivity contribution < 1.29 is 29.3 Å². The van der Waals surface area contributed by atoms with Crippen molar-refractivity contribution in [3.8, 4) is 5.75 Å². The number of amides is 1. The van der Waals surface area contributed by atoms with Gasteiger partial charge < -0.3 is 30.6 Å². The Morgan fingerprint density at radius 2 is 1.84 bits per heavy atom. The zero-order valence-electron chi connectivity index (χ0n) is 19.0. The van der Waals surface area contributed by atoms with Gasteiger partial charge in [-0.3, -0.25) is 9.59 Å². The highest BCUT2D eigenvalue weighted by molar-refractivity contribution is 5.90. The largest absolute Gasteiger partial charge is 0.508 e. The molecule has 0 radical (unpaired) electrons. The van der Waals surface area contributed by atoms with Gasteiger partial charge in [-0.2, -0.15) is 0 Å². The van der Waals surface area contributed by atoms with Crippen LogP contribution in [-0.4, -0.2) is 57.1 Å². The second-order valence-electron chi connectivity index (χ2n) is 8.71. The van der Waals surface area contributed by atoms with Crippen LogP contribution in [0.1, 0.15) is 40.2 Å². The molecule has 0 fully saturated rings. The topological polar surface area (TPSA) is 141 Å². The molecule has 0 aliphatic carbocycles. The van der Waals surface area contributed by atoms with Crippen molar-refractivity contribution in [1.29, 1.82) is 0 Å². The number of aromatic amines is 1. The number of hydrogen-bond acceptors (Lipinski definition) is 6. The lowest BCUT2D eigenvalue weighted by Gasteiger charge is -2.25. The molecule has 174 valence electrons. The number of carboxylic acid groups (broad SMARTS) is 1. The van der Waals surface area contributed by atoms with Crippen molar-refractivity contribution in [1.82, 2.24) is 15.6 Å². The predicted octanol–water partition coefficient (Wildman–Crippen LogP) is 2.25. The smallest absolute Gasteiger partial charge is 0.328 e. The van der Waals surface area contributed by atoms with Crippen LogP contribution >= 0.6 is 0 Å². The number of aromatic nitrogens is 1. The summed E-state index contributed by atoms with van der Waals surface area (Å²) < 4.78 is 5.54. The third-order valence-corrected chi connectivity index (χ3v) is 4.61. The number of hydrogen-bond donors (Lipinski definition) is 5. The fraction of sp³-hybridized carbons (Fsp3) is 0.435. The number of H-pyrrole nitrogens is 1. The molecule has 2 atom stereocenters. The highest BCUT2D eigenvalue weighted by atomic mass is 16.5. The number of fused-ring (bicyclic) bond motifs is 1. The third-order valence-electron chi connectivity index (χ3n) is 4.61. The number of rotatable bonds is 10. The van der Waals surface area contributed by atoms with Crippen molar-refractivity contribution in [2.24, 2.45) is 0 Å². The molecule has 1 heterocycles. The van der Waals surface area contributed by atoms with Gasteiger partial charge in [0.2, 0.25) is 5.91 Å². The molecule has 1 amide bonds. The van der Waals surface area contributed by atoms with Gasteiger partial charge in [-0.1, -0.05) is 0 Å². The fourth-order valence-electron chi connectivity index (χ4n) is 3.17. The minimum atomic E-state index is -1.24. The number of phenols is 1. The SMILES string of the molecule is CC(=O)/C=C(\C)N[C@@H](Cc1c[nH]c2ccc(O)cc12)C(=O)N[C@@H](COC(C)(C)C)C(=O)O. The summed E-state index contributed by atoms with van der Waals surface area (Å²) in [5, 5.41) is 25.6. The lowest BCUT2D eigenvalue weighted by atomic mass is 10.0. The van der Waals surface area contributed by atoms with E-state index in [-0.39, 0.29) is 24.6 Å². The first-order chi connectivity index (χ1) is 14.9. The molecule has 0 saturated heterocycles. The van der Waals surface area contributed by atoms with Crippen LogP contribution in [0.2, 0.25) is 0 Å². The highest BCUT2D eigenvalue weighted by Crippen LogP contribution is 2.24. The van der Waals surface area contributed by atoms with Crippen molar-refractivity contribution >= 4 is 28.6 Å². The van der Waals surface area contributed by atoms with E-state index in [1.807, 2.05) is 0 Å². The van der Waals surface area contributed by atoms with Crippen molar-refractivity contribution in [3.05, 3.63) is 41.7 Å². The summed E-state index contributed by atoms with van der Waals surface area (Å²) in [4.78, 5) is 39.3. The summed E-state index contributed by atoms with van der Waals surface area (Å²) in [6.45, 7) is 8.23. The molecule has 0 aliphatic heterocycles.